The molecule has 1 aromatic heterocycles. The second-order valence-corrected chi connectivity index (χ2v) is 6.14. The highest BCUT2D eigenvalue weighted by atomic mass is 19.4. The van der Waals surface area contributed by atoms with Crippen molar-refractivity contribution in [3.63, 3.8) is 0 Å². The second-order valence-electron chi connectivity index (χ2n) is 6.14. The zero-order valence-corrected chi connectivity index (χ0v) is 14.4. The summed E-state index contributed by atoms with van der Waals surface area (Å²) in [6.45, 7) is 5.40. The maximum absolute atomic E-state index is 12.7. The first-order valence-electron chi connectivity index (χ1n) is 8.26. The molecule has 0 fully saturated rings. The molecule has 0 aliphatic carbocycles. The number of rotatable bonds is 6. The Morgan fingerprint density at radius 1 is 1.12 bits per heavy atom. The minimum Gasteiger partial charge on any atom is -0.456 e. The smallest absolute Gasteiger partial charge is 0.449 e. The SMILES string of the molecule is CC[C@@H](c1ccc(C(F)(F)F)o1)[C@@H](C)C(=O)N[C@@H](C)c1ccccc1. The van der Waals surface area contributed by atoms with Crippen LogP contribution in [-0.4, -0.2) is 5.91 Å². The number of nitrogens with one attached hydrogen (secondary N) is 1. The summed E-state index contributed by atoms with van der Waals surface area (Å²) in [5.41, 5.74) is 0.966. The predicted octanol–water partition coefficient (Wildman–Crippen LogP) is 5.31. The topological polar surface area (TPSA) is 42.2 Å². The Labute approximate surface area is 145 Å². The van der Waals surface area contributed by atoms with E-state index in [1.807, 2.05) is 44.2 Å². The fourth-order valence-corrected chi connectivity index (χ4v) is 2.86. The van der Waals surface area contributed by atoms with E-state index in [1.165, 1.54) is 6.07 Å². The number of hydrogen-bond donors (Lipinski definition) is 1. The fourth-order valence-electron chi connectivity index (χ4n) is 2.86. The van der Waals surface area contributed by atoms with Gasteiger partial charge in [0, 0.05) is 11.8 Å². The third-order valence-electron chi connectivity index (χ3n) is 4.39. The summed E-state index contributed by atoms with van der Waals surface area (Å²) in [5.74, 6) is -1.99. The molecular weight excluding hydrogens is 331 g/mol. The number of carbonyl (C=O) groups is 1. The van der Waals surface area contributed by atoms with Crippen LogP contribution >= 0.6 is 0 Å². The third-order valence-corrected chi connectivity index (χ3v) is 4.39. The van der Waals surface area contributed by atoms with E-state index in [-0.39, 0.29) is 17.7 Å². The van der Waals surface area contributed by atoms with Crippen molar-refractivity contribution >= 4 is 5.91 Å². The Morgan fingerprint density at radius 2 is 1.76 bits per heavy atom. The molecule has 3 nitrogen and oxygen atoms in total. The van der Waals surface area contributed by atoms with Gasteiger partial charge < -0.3 is 9.73 Å². The van der Waals surface area contributed by atoms with Gasteiger partial charge in [-0.25, -0.2) is 0 Å². The molecule has 3 atom stereocenters. The summed E-state index contributed by atoms with van der Waals surface area (Å²) in [7, 11) is 0. The van der Waals surface area contributed by atoms with E-state index in [9.17, 15) is 18.0 Å². The highest BCUT2D eigenvalue weighted by molar-refractivity contribution is 5.79. The number of benzene rings is 1. The molecule has 0 aliphatic rings. The van der Waals surface area contributed by atoms with Crippen molar-refractivity contribution in [2.24, 2.45) is 5.92 Å². The van der Waals surface area contributed by atoms with Gasteiger partial charge in [0.2, 0.25) is 11.7 Å². The standard InChI is InChI=1S/C19H22F3NO2/c1-4-15(16-10-11-17(25-16)19(20,21)22)12(2)18(24)23-13(3)14-8-6-5-7-9-14/h5-13,15H,4H2,1-3H3,(H,23,24)/t12-,13+,15-/m1/s1. The normalized spacial score (nSPS) is 15.4. The Balaban J connectivity index is 2.09. The first kappa shape index (κ1) is 19.1. The summed E-state index contributed by atoms with van der Waals surface area (Å²) in [6, 6.07) is 11.5. The lowest BCUT2D eigenvalue weighted by Crippen LogP contribution is -2.34. The molecule has 2 aromatic rings. The third kappa shape index (κ3) is 4.65. The molecule has 0 aliphatic heterocycles. The van der Waals surface area contributed by atoms with Crippen LogP contribution in [0.3, 0.4) is 0 Å². The molecule has 6 heteroatoms. The molecule has 1 amide bonds. The predicted molar refractivity (Wildman–Crippen MR) is 88.9 cm³/mol. The van der Waals surface area contributed by atoms with E-state index in [0.717, 1.165) is 11.6 Å². The zero-order chi connectivity index (χ0) is 18.6. The van der Waals surface area contributed by atoms with Gasteiger partial charge in [-0.05, 0) is 31.0 Å². The van der Waals surface area contributed by atoms with Crippen molar-refractivity contribution in [1.82, 2.24) is 5.32 Å². The molecule has 0 saturated heterocycles. The number of furan rings is 1. The molecule has 0 radical (unpaired) electrons. The van der Waals surface area contributed by atoms with Crippen LogP contribution in [0.2, 0.25) is 0 Å². The second kappa shape index (κ2) is 7.76. The maximum atomic E-state index is 12.7. The largest absolute Gasteiger partial charge is 0.456 e. The molecule has 2 rings (SSSR count). The lowest BCUT2D eigenvalue weighted by atomic mass is 9.88. The minimum absolute atomic E-state index is 0.184. The van der Waals surface area contributed by atoms with Crippen molar-refractivity contribution in [3.8, 4) is 0 Å². The van der Waals surface area contributed by atoms with Crippen molar-refractivity contribution < 1.29 is 22.4 Å². The van der Waals surface area contributed by atoms with Crippen LogP contribution < -0.4 is 5.32 Å². The van der Waals surface area contributed by atoms with Crippen LogP contribution in [0.25, 0.3) is 0 Å². The Morgan fingerprint density at radius 3 is 2.28 bits per heavy atom. The Hall–Kier alpha value is -2.24. The Bertz CT molecular complexity index is 694. The van der Waals surface area contributed by atoms with Gasteiger partial charge in [0.25, 0.3) is 0 Å². The van der Waals surface area contributed by atoms with Gasteiger partial charge in [0.1, 0.15) is 5.76 Å². The van der Waals surface area contributed by atoms with Gasteiger partial charge in [-0.1, -0.05) is 44.2 Å². The molecule has 136 valence electrons. The lowest BCUT2D eigenvalue weighted by molar-refractivity contribution is -0.153. The van der Waals surface area contributed by atoms with Crippen molar-refractivity contribution in [1.29, 1.82) is 0 Å². The number of amides is 1. The van der Waals surface area contributed by atoms with Crippen molar-refractivity contribution in [2.75, 3.05) is 0 Å². The molecule has 1 heterocycles. The lowest BCUT2D eigenvalue weighted by Gasteiger charge is -2.23. The van der Waals surface area contributed by atoms with Crippen LogP contribution in [0.4, 0.5) is 13.2 Å². The highest BCUT2D eigenvalue weighted by Crippen LogP contribution is 2.36. The first-order valence-corrected chi connectivity index (χ1v) is 8.26. The molecular formula is C19H22F3NO2. The van der Waals surface area contributed by atoms with E-state index in [2.05, 4.69) is 5.32 Å². The number of alkyl halides is 3. The van der Waals surface area contributed by atoms with Gasteiger partial charge >= 0.3 is 6.18 Å². The van der Waals surface area contributed by atoms with Crippen molar-refractivity contribution in [3.05, 3.63) is 59.5 Å². The van der Waals surface area contributed by atoms with Crippen molar-refractivity contribution in [2.45, 2.75) is 45.3 Å². The first-order chi connectivity index (χ1) is 11.7. The zero-order valence-electron chi connectivity index (χ0n) is 14.4. The Kier molecular flexibility index (Phi) is 5.93. The summed E-state index contributed by atoms with van der Waals surface area (Å²) >= 11 is 0. The van der Waals surface area contributed by atoms with E-state index in [0.29, 0.717) is 6.42 Å². The van der Waals surface area contributed by atoms with E-state index in [4.69, 9.17) is 4.42 Å². The number of carbonyl (C=O) groups excluding carboxylic acids is 1. The average molecular weight is 353 g/mol. The molecule has 0 bridgehead atoms. The summed E-state index contributed by atoms with van der Waals surface area (Å²) in [6.07, 6.45) is -4.02. The minimum atomic E-state index is -4.52. The van der Waals surface area contributed by atoms with Crippen LogP contribution in [0, 0.1) is 5.92 Å². The summed E-state index contributed by atoms with van der Waals surface area (Å²) in [5, 5.41) is 2.91. The molecule has 0 saturated carbocycles. The highest BCUT2D eigenvalue weighted by Gasteiger charge is 2.36. The molecule has 1 N–H and O–H groups in total. The van der Waals surface area contributed by atoms with Crippen LogP contribution in [0.5, 0.6) is 0 Å². The number of halogens is 3. The average Bonchev–Trinajstić information content (AvgIpc) is 3.06. The molecule has 0 spiro atoms. The van der Waals surface area contributed by atoms with Gasteiger partial charge in [-0.15, -0.1) is 0 Å². The molecule has 25 heavy (non-hydrogen) atoms. The number of hydrogen-bond acceptors (Lipinski definition) is 2. The van der Waals surface area contributed by atoms with E-state index < -0.39 is 23.8 Å². The van der Waals surface area contributed by atoms with Gasteiger partial charge in [-0.2, -0.15) is 13.2 Å². The quantitative estimate of drug-likeness (QED) is 0.765. The molecule has 0 unspecified atom stereocenters. The van der Waals surface area contributed by atoms with Crippen LogP contribution in [-0.2, 0) is 11.0 Å². The van der Waals surface area contributed by atoms with Gasteiger partial charge in [-0.3, -0.25) is 4.79 Å². The van der Waals surface area contributed by atoms with E-state index >= 15 is 0 Å². The molecule has 1 aromatic carbocycles. The summed E-state index contributed by atoms with van der Waals surface area (Å²) in [4.78, 5) is 12.5. The van der Waals surface area contributed by atoms with Gasteiger partial charge in [0.15, 0.2) is 0 Å². The van der Waals surface area contributed by atoms with Crippen LogP contribution in [0.1, 0.15) is 56.2 Å². The maximum Gasteiger partial charge on any atom is 0.449 e. The summed E-state index contributed by atoms with van der Waals surface area (Å²) < 4.78 is 43.1. The van der Waals surface area contributed by atoms with Crippen LogP contribution in [0.15, 0.2) is 46.9 Å². The van der Waals surface area contributed by atoms with E-state index in [1.54, 1.807) is 6.92 Å². The monoisotopic (exact) mass is 353 g/mol. The fraction of sp³-hybridized carbons (Fsp3) is 0.421. The van der Waals surface area contributed by atoms with Gasteiger partial charge in [0.05, 0.1) is 6.04 Å².